The number of nitrogens with zero attached hydrogens (tertiary/aromatic N) is 3. The molecule has 7 heteroatoms. The van der Waals surface area contributed by atoms with Crippen molar-refractivity contribution in [2.75, 3.05) is 13.2 Å². The molecule has 0 bridgehead atoms. The Balaban J connectivity index is 1.58. The SMILES string of the molecule is C[C@H](Cn1ccnc1)NC(=O)N(Cc1cccs1)C[C@@H]1CCCO1. The number of urea groups is 1. The van der Waals surface area contributed by atoms with Crippen LogP contribution in [-0.4, -0.2) is 45.8 Å². The van der Waals surface area contributed by atoms with Gasteiger partial charge in [-0.25, -0.2) is 9.78 Å². The molecule has 0 unspecified atom stereocenters. The fourth-order valence-corrected chi connectivity index (χ4v) is 3.62. The lowest BCUT2D eigenvalue weighted by molar-refractivity contribution is 0.0791. The summed E-state index contributed by atoms with van der Waals surface area (Å²) in [7, 11) is 0. The molecule has 3 heterocycles. The van der Waals surface area contributed by atoms with Gasteiger partial charge in [0.25, 0.3) is 0 Å². The van der Waals surface area contributed by atoms with Crippen molar-refractivity contribution in [2.45, 2.75) is 45.0 Å². The quantitative estimate of drug-likeness (QED) is 0.837. The second kappa shape index (κ2) is 8.30. The molecule has 130 valence electrons. The van der Waals surface area contributed by atoms with E-state index in [1.54, 1.807) is 23.9 Å². The van der Waals surface area contributed by atoms with Gasteiger partial charge in [0.15, 0.2) is 0 Å². The first-order valence-electron chi connectivity index (χ1n) is 8.36. The minimum Gasteiger partial charge on any atom is -0.376 e. The number of hydrogen-bond acceptors (Lipinski definition) is 4. The number of ether oxygens (including phenoxy) is 1. The Kier molecular flexibility index (Phi) is 5.87. The summed E-state index contributed by atoms with van der Waals surface area (Å²) in [5, 5.41) is 5.13. The molecule has 2 aromatic heterocycles. The maximum Gasteiger partial charge on any atom is 0.318 e. The maximum atomic E-state index is 12.7. The molecule has 24 heavy (non-hydrogen) atoms. The highest BCUT2D eigenvalue weighted by Crippen LogP contribution is 2.17. The highest BCUT2D eigenvalue weighted by atomic mass is 32.1. The highest BCUT2D eigenvalue weighted by molar-refractivity contribution is 7.09. The van der Waals surface area contributed by atoms with Gasteiger partial charge in [0.05, 0.1) is 19.0 Å². The smallest absolute Gasteiger partial charge is 0.318 e. The van der Waals surface area contributed by atoms with Gasteiger partial charge in [0.1, 0.15) is 0 Å². The van der Waals surface area contributed by atoms with E-state index in [4.69, 9.17) is 4.74 Å². The Morgan fingerprint density at radius 3 is 3.21 bits per heavy atom. The number of carbonyl (C=O) groups is 1. The first-order chi connectivity index (χ1) is 11.7. The number of imidazole rings is 1. The van der Waals surface area contributed by atoms with E-state index < -0.39 is 0 Å². The van der Waals surface area contributed by atoms with Gasteiger partial charge in [-0.1, -0.05) is 6.07 Å². The van der Waals surface area contributed by atoms with Crippen LogP contribution in [-0.2, 0) is 17.8 Å². The van der Waals surface area contributed by atoms with Gasteiger partial charge in [-0.2, -0.15) is 0 Å². The van der Waals surface area contributed by atoms with Gasteiger partial charge >= 0.3 is 6.03 Å². The van der Waals surface area contributed by atoms with Crippen LogP contribution in [0.1, 0.15) is 24.6 Å². The van der Waals surface area contributed by atoms with Crippen molar-refractivity contribution in [1.82, 2.24) is 19.8 Å². The van der Waals surface area contributed by atoms with Crippen LogP contribution in [0.3, 0.4) is 0 Å². The van der Waals surface area contributed by atoms with E-state index in [2.05, 4.69) is 16.4 Å². The topological polar surface area (TPSA) is 59.4 Å². The van der Waals surface area contributed by atoms with E-state index in [1.165, 1.54) is 4.88 Å². The molecule has 2 amide bonds. The summed E-state index contributed by atoms with van der Waals surface area (Å²) in [4.78, 5) is 19.8. The first kappa shape index (κ1) is 17.0. The second-order valence-corrected chi connectivity index (χ2v) is 7.24. The minimum absolute atomic E-state index is 0.0297. The van der Waals surface area contributed by atoms with Crippen LogP contribution < -0.4 is 5.32 Å². The summed E-state index contributed by atoms with van der Waals surface area (Å²) < 4.78 is 7.68. The van der Waals surface area contributed by atoms with Crippen LogP contribution in [0.25, 0.3) is 0 Å². The zero-order valence-corrected chi connectivity index (χ0v) is 14.7. The van der Waals surface area contributed by atoms with Crippen molar-refractivity contribution in [3.63, 3.8) is 0 Å². The number of nitrogens with one attached hydrogen (secondary N) is 1. The Bertz CT molecular complexity index is 609. The molecule has 3 rings (SSSR count). The van der Waals surface area contributed by atoms with Gasteiger partial charge in [-0.3, -0.25) is 0 Å². The Morgan fingerprint density at radius 1 is 1.62 bits per heavy atom. The Hall–Kier alpha value is -1.86. The van der Waals surface area contributed by atoms with Crippen LogP contribution in [0.5, 0.6) is 0 Å². The predicted octanol–water partition coefficient (Wildman–Crippen LogP) is 2.72. The summed E-state index contributed by atoms with van der Waals surface area (Å²) in [6, 6.07) is 4.08. The van der Waals surface area contributed by atoms with Crippen molar-refractivity contribution in [2.24, 2.45) is 0 Å². The molecule has 0 aromatic carbocycles. The average Bonchev–Trinajstić information content (AvgIpc) is 3.30. The van der Waals surface area contributed by atoms with Crippen LogP contribution in [0.4, 0.5) is 4.79 Å². The molecule has 1 aliphatic rings. The normalized spacial score (nSPS) is 18.5. The van der Waals surface area contributed by atoms with Crippen LogP contribution in [0.2, 0.25) is 0 Å². The molecule has 1 N–H and O–H groups in total. The number of carbonyl (C=O) groups excluding carboxylic acids is 1. The summed E-state index contributed by atoms with van der Waals surface area (Å²) >= 11 is 1.67. The zero-order chi connectivity index (χ0) is 16.8. The summed E-state index contributed by atoms with van der Waals surface area (Å²) in [6.45, 7) is 4.78. The van der Waals surface area contributed by atoms with Crippen LogP contribution >= 0.6 is 11.3 Å². The van der Waals surface area contributed by atoms with Crippen molar-refractivity contribution in [3.05, 3.63) is 41.1 Å². The fourth-order valence-electron chi connectivity index (χ4n) is 2.90. The molecule has 0 saturated carbocycles. The third kappa shape index (κ3) is 4.82. The average molecular weight is 348 g/mol. The van der Waals surface area contributed by atoms with Crippen molar-refractivity contribution < 1.29 is 9.53 Å². The number of rotatable bonds is 7. The van der Waals surface area contributed by atoms with Crippen molar-refractivity contribution in [3.8, 4) is 0 Å². The van der Waals surface area contributed by atoms with Crippen molar-refractivity contribution in [1.29, 1.82) is 0 Å². The van der Waals surface area contributed by atoms with Gasteiger partial charge in [-0.05, 0) is 31.2 Å². The standard InChI is InChI=1S/C17H24N4O2S/c1-14(10-20-7-6-18-13-20)19-17(22)21(11-15-4-2-8-23-15)12-16-5-3-9-24-16/h3,5-7,9,13-15H,2,4,8,10-12H2,1H3,(H,19,22)/t14-,15+/m1/s1. The van der Waals surface area contributed by atoms with Crippen LogP contribution in [0, 0.1) is 0 Å². The molecule has 2 atom stereocenters. The lowest BCUT2D eigenvalue weighted by atomic mass is 10.2. The van der Waals surface area contributed by atoms with E-state index >= 15 is 0 Å². The van der Waals surface area contributed by atoms with Gasteiger partial charge in [0, 0.05) is 43.0 Å². The monoisotopic (exact) mass is 348 g/mol. The predicted molar refractivity (Wildman–Crippen MR) is 93.9 cm³/mol. The number of amides is 2. The lowest BCUT2D eigenvalue weighted by Crippen LogP contribution is -2.47. The van der Waals surface area contributed by atoms with Gasteiger partial charge in [0.2, 0.25) is 0 Å². The molecule has 0 aliphatic carbocycles. The van der Waals surface area contributed by atoms with Crippen LogP contribution in [0.15, 0.2) is 36.2 Å². The van der Waals surface area contributed by atoms with Gasteiger partial charge in [-0.15, -0.1) is 11.3 Å². The fraction of sp³-hybridized carbons (Fsp3) is 0.529. The molecular weight excluding hydrogens is 324 g/mol. The molecular formula is C17H24N4O2S. The Labute approximate surface area is 146 Å². The van der Waals surface area contributed by atoms with E-state index in [-0.39, 0.29) is 18.2 Å². The second-order valence-electron chi connectivity index (χ2n) is 6.20. The molecule has 0 radical (unpaired) electrons. The zero-order valence-electron chi connectivity index (χ0n) is 13.9. The third-order valence-electron chi connectivity index (χ3n) is 4.08. The third-order valence-corrected chi connectivity index (χ3v) is 4.94. The van der Waals surface area contributed by atoms with Crippen molar-refractivity contribution >= 4 is 17.4 Å². The summed E-state index contributed by atoms with van der Waals surface area (Å²) in [6.07, 6.45) is 7.67. The molecule has 1 saturated heterocycles. The lowest BCUT2D eigenvalue weighted by Gasteiger charge is -2.27. The molecule has 0 spiro atoms. The highest BCUT2D eigenvalue weighted by Gasteiger charge is 2.23. The van der Waals surface area contributed by atoms with E-state index in [0.29, 0.717) is 19.6 Å². The van der Waals surface area contributed by atoms with Gasteiger partial charge < -0.3 is 19.5 Å². The molecule has 6 nitrogen and oxygen atoms in total. The minimum atomic E-state index is -0.0356. The summed E-state index contributed by atoms with van der Waals surface area (Å²) in [5.41, 5.74) is 0. The van der Waals surface area contributed by atoms with E-state index in [0.717, 1.165) is 19.4 Å². The maximum absolute atomic E-state index is 12.7. The number of thiophene rings is 1. The molecule has 1 aliphatic heterocycles. The molecule has 2 aromatic rings. The number of hydrogen-bond donors (Lipinski definition) is 1. The van der Waals surface area contributed by atoms with E-state index in [9.17, 15) is 4.79 Å². The molecule has 1 fully saturated rings. The summed E-state index contributed by atoms with van der Waals surface area (Å²) in [5.74, 6) is 0. The first-order valence-corrected chi connectivity index (χ1v) is 9.24. The Morgan fingerprint density at radius 2 is 2.54 bits per heavy atom. The number of aromatic nitrogens is 2. The largest absolute Gasteiger partial charge is 0.376 e. The van der Waals surface area contributed by atoms with E-state index in [1.807, 2.05) is 34.0 Å².